The van der Waals surface area contributed by atoms with E-state index in [-0.39, 0.29) is 5.91 Å². The number of nitrogen functional groups attached to an aromatic ring is 1. The third-order valence-corrected chi connectivity index (χ3v) is 2.91. The third-order valence-electron chi connectivity index (χ3n) is 2.41. The zero-order valence-corrected chi connectivity index (χ0v) is 11.1. The summed E-state index contributed by atoms with van der Waals surface area (Å²) in [4.78, 5) is 16.0. The van der Waals surface area contributed by atoms with Crippen molar-refractivity contribution in [2.75, 3.05) is 5.73 Å². The van der Waals surface area contributed by atoms with Crippen LogP contribution in [0.3, 0.4) is 0 Å². The fraction of sp³-hybridized carbons (Fsp3) is 0.0769. The first-order valence-corrected chi connectivity index (χ1v) is 6.19. The fourth-order valence-electron chi connectivity index (χ4n) is 1.51. The second kappa shape index (κ2) is 5.64. The van der Waals surface area contributed by atoms with Crippen molar-refractivity contribution in [2.24, 2.45) is 0 Å². The van der Waals surface area contributed by atoms with E-state index in [1.165, 1.54) is 0 Å². The zero-order chi connectivity index (χ0) is 13.0. The highest BCUT2D eigenvalue weighted by Crippen LogP contribution is 2.18. The van der Waals surface area contributed by atoms with Gasteiger partial charge in [0.2, 0.25) is 0 Å². The average molecular weight is 306 g/mol. The van der Waals surface area contributed by atoms with Gasteiger partial charge in [-0.3, -0.25) is 9.78 Å². The van der Waals surface area contributed by atoms with Gasteiger partial charge in [0.1, 0.15) is 0 Å². The minimum absolute atomic E-state index is 0.203. The van der Waals surface area contributed by atoms with E-state index < -0.39 is 0 Å². The van der Waals surface area contributed by atoms with Crippen LogP contribution in [0.2, 0.25) is 0 Å². The minimum Gasteiger partial charge on any atom is -0.398 e. The van der Waals surface area contributed by atoms with E-state index in [4.69, 9.17) is 5.73 Å². The Kier molecular flexibility index (Phi) is 3.94. The molecule has 2 aromatic rings. The lowest BCUT2D eigenvalue weighted by molar-refractivity contribution is 0.0951. The molecule has 0 saturated heterocycles. The maximum absolute atomic E-state index is 11.9. The van der Waals surface area contributed by atoms with E-state index in [9.17, 15) is 4.79 Å². The van der Waals surface area contributed by atoms with Crippen molar-refractivity contribution in [1.29, 1.82) is 0 Å². The van der Waals surface area contributed by atoms with Crippen LogP contribution in [0.15, 0.2) is 47.1 Å². The van der Waals surface area contributed by atoms with Crippen LogP contribution in [-0.2, 0) is 6.54 Å². The second-order valence-electron chi connectivity index (χ2n) is 3.74. The maximum Gasteiger partial charge on any atom is 0.253 e. The Balaban J connectivity index is 2.04. The van der Waals surface area contributed by atoms with Crippen molar-refractivity contribution in [2.45, 2.75) is 6.54 Å². The van der Waals surface area contributed by atoms with Gasteiger partial charge in [0.05, 0.1) is 17.8 Å². The summed E-state index contributed by atoms with van der Waals surface area (Å²) in [5.74, 6) is -0.203. The van der Waals surface area contributed by atoms with Gasteiger partial charge >= 0.3 is 0 Å². The summed E-state index contributed by atoms with van der Waals surface area (Å²) in [5, 5.41) is 2.78. The summed E-state index contributed by atoms with van der Waals surface area (Å²) < 4.78 is 0.848. The minimum atomic E-state index is -0.203. The first kappa shape index (κ1) is 12.6. The molecule has 4 nitrogen and oxygen atoms in total. The molecule has 0 radical (unpaired) electrons. The Bertz CT molecular complexity index is 557. The first-order chi connectivity index (χ1) is 8.66. The van der Waals surface area contributed by atoms with Crippen LogP contribution < -0.4 is 11.1 Å². The molecule has 0 aliphatic carbocycles. The highest BCUT2D eigenvalue weighted by atomic mass is 79.9. The van der Waals surface area contributed by atoms with Crippen LogP contribution in [0, 0.1) is 0 Å². The molecule has 0 saturated carbocycles. The number of halogens is 1. The van der Waals surface area contributed by atoms with Gasteiger partial charge in [0, 0.05) is 16.4 Å². The number of hydrogen-bond acceptors (Lipinski definition) is 3. The molecule has 0 atom stereocenters. The standard InChI is InChI=1S/C13H12BrN3O/c14-9-4-5-11(12(15)7-9)13(18)17-8-10-3-1-2-6-16-10/h1-7H,8,15H2,(H,17,18). The van der Waals surface area contributed by atoms with Crippen molar-refractivity contribution in [3.63, 3.8) is 0 Å². The summed E-state index contributed by atoms with van der Waals surface area (Å²) in [5.41, 5.74) is 7.51. The van der Waals surface area contributed by atoms with Gasteiger partial charge in [0.25, 0.3) is 5.91 Å². The first-order valence-electron chi connectivity index (χ1n) is 5.40. The predicted molar refractivity (Wildman–Crippen MR) is 74.0 cm³/mol. The van der Waals surface area contributed by atoms with Gasteiger partial charge in [-0.05, 0) is 30.3 Å². The lowest BCUT2D eigenvalue weighted by Gasteiger charge is -2.07. The molecular formula is C13H12BrN3O. The van der Waals surface area contributed by atoms with Crippen LogP contribution in [0.25, 0.3) is 0 Å². The van der Waals surface area contributed by atoms with E-state index in [0.717, 1.165) is 10.2 Å². The van der Waals surface area contributed by atoms with E-state index in [2.05, 4.69) is 26.2 Å². The lowest BCUT2D eigenvalue weighted by atomic mass is 10.1. The van der Waals surface area contributed by atoms with E-state index in [1.54, 1.807) is 24.4 Å². The molecule has 1 heterocycles. The van der Waals surface area contributed by atoms with Gasteiger partial charge < -0.3 is 11.1 Å². The summed E-state index contributed by atoms with van der Waals surface area (Å²) >= 11 is 3.30. The van der Waals surface area contributed by atoms with Crippen LogP contribution in [0.1, 0.15) is 16.1 Å². The van der Waals surface area contributed by atoms with Crippen molar-refractivity contribution < 1.29 is 4.79 Å². The van der Waals surface area contributed by atoms with Crippen LogP contribution >= 0.6 is 15.9 Å². The SMILES string of the molecule is Nc1cc(Br)ccc1C(=O)NCc1ccccn1. The second-order valence-corrected chi connectivity index (χ2v) is 4.65. The van der Waals surface area contributed by atoms with Crippen molar-refractivity contribution in [3.05, 3.63) is 58.3 Å². The van der Waals surface area contributed by atoms with Crippen molar-refractivity contribution in [3.8, 4) is 0 Å². The van der Waals surface area contributed by atoms with E-state index in [0.29, 0.717) is 17.8 Å². The predicted octanol–water partition coefficient (Wildman–Crippen LogP) is 2.36. The summed E-state index contributed by atoms with van der Waals surface area (Å²) in [6.45, 7) is 0.384. The number of aromatic nitrogens is 1. The number of nitrogens with zero attached hydrogens (tertiary/aromatic N) is 1. The smallest absolute Gasteiger partial charge is 0.253 e. The average Bonchev–Trinajstić information content (AvgIpc) is 2.37. The number of rotatable bonds is 3. The topological polar surface area (TPSA) is 68.0 Å². The van der Waals surface area contributed by atoms with Gasteiger partial charge in [-0.15, -0.1) is 0 Å². The number of carbonyl (C=O) groups is 1. The van der Waals surface area contributed by atoms with E-state index in [1.807, 2.05) is 18.2 Å². The Morgan fingerprint density at radius 1 is 1.33 bits per heavy atom. The summed E-state index contributed by atoms with van der Waals surface area (Å²) in [7, 11) is 0. The number of carbonyl (C=O) groups excluding carboxylic acids is 1. The van der Waals surface area contributed by atoms with Crippen LogP contribution in [0.5, 0.6) is 0 Å². The lowest BCUT2D eigenvalue weighted by Crippen LogP contribution is -2.24. The number of anilines is 1. The number of pyridine rings is 1. The number of nitrogens with two attached hydrogens (primary N) is 1. The normalized spacial score (nSPS) is 10.1. The molecule has 2 rings (SSSR count). The van der Waals surface area contributed by atoms with Gasteiger partial charge in [0.15, 0.2) is 0 Å². The largest absolute Gasteiger partial charge is 0.398 e. The van der Waals surface area contributed by atoms with Crippen LogP contribution in [-0.4, -0.2) is 10.9 Å². The molecule has 92 valence electrons. The van der Waals surface area contributed by atoms with Gasteiger partial charge in [-0.25, -0.2) is 0 Å². The third kappa shape index (κ3) is 3.07. The molecular weight excluding hydrogens is 294 g/mol. The van der Waals surface area contributed by atoms with Crippen molar-refractivity contribution >= 4 is 27.5 Å². The molecule has 1 aromatic heterocycles. The fourth-order valence-corrected chi connectivity index (χ4v) is 1.89. The Morgan fingerprint density at radius 3 is 2.83 bits per heavy atom. The molecule has 3 N–H and O–H groups in total. The summed E-state index contributed by atoms with van der Waals surface area (Å²) in [6, 6.07) is 10.7. The molecule has 1 amide bonds. The number of amides is 1. The number of benzene rings is 1. The molecule has 18 heavy (non-hydrogen) atoms. The molecule has 0 aliphatic rings. The molecule has 5 heteroatoms. The molecule has 0 aliphatic heterocycles. The molecule has 0 unspecified atom stereocenters. The van der Waals surface area contributed by atoms with E-state index >= 15 is 0 Å². The summed E-state index contributed by atoms with van der Waals surface area (Å²) in [6.07, 6.45) is 1.69. The Morgan fingerprint density at radius 2 is 2.17 bits per heavy atom. The number of hydrogen-bond donors (Lipinski definition) is 2. The van der Waals surface area contributed by atoms with Crippen LogP contribution in [0.4, 0.5) is 5.69 Å². The quantitative estimate of drug-likeness (QED) is 0.855. The van der Waals surface area contributed by atoms with Crippen molar-refractivity contribution in [1.82, 2.24) is 10.3 Å². The molecule has 0 bridgehead atoms. The monoisotopic (exact) mass is 305 g/mol. The highest BCUT2D eigenvalue weighted by molar-refractivity contribution is 9.10. The van der Waals surface area contributed by atoms with Gasteiger partial charge in [-0.1, -0.05) is 22.0 Å². The highest BCUT2D eigenvalue weighted by Gasteiger charge is 2.09. The van der Waals surface area contributed by atoms with Gasteiger partial charge in [-0.2, -0.15) is 0 Å². The zero-order valence-electron chi connectivity index (χ0n) is 9.56. The Hall–Kier alpha value is -1.88. The molecule has 0 fully saturated rings. The Labute approximate surface area is 113 Å². The molecule has 0 spiro atoms. The molecule has 1 aromatic carbocycles. The number of nitrogens with one attached hydrogen (secondary N) is 1. The maximum atomic E-state index is 11.9.